The van der Waals surface area contributed by atoms with Crippen LogP contribution in [0.15, 0.2) is 36.5 Å². The van der Waals surface area contributed by atoms with Crippen LogP contribution in [0.5, 0.6) is 0 Å². The number of aromatic nitrogens is 1. The predicted molar refractivity (Wildman–Crippen MR) is 80.0 cm³/mol. The lowest BCUT2D eigenvalue weighted by Gasteiger charge is -2.17. The summed E-state index contributed by atoms with van der Waals surface area (Å²) in [5.74, 6) is -0.422. The average Bonchev–Trinajstić information content (AvgIpc) is 2.51. The van der Waals surface area contributed by atoms with Crippen molar-refractivity contribution >= 4 is 22.8 Å². The second-order valence-corrected chi connectivity index (χ2v) is 4.66. The summed E-state index contributed by atoms with van der Waals surface area (Å²) in [5.41, 5.74) is 1.37. The van der Waals surface area contributed by atoms with Crippen molar-refractivity contribution in [2.45, 2.75) is 13.3 Å². The summed E-state index contributed by atoms with van der Waals surface area (Å²) in [6, 6.07) is 9.19. The van der Waals surface area contributed by atoms with Gasteiger partial charge in [-0.05, 0) is 19.1 Å². The van der Waals surface area contributed by atoms with E-state index in [4.69, 9.17) is 4.74 Å². The highest BCUT2D eigenvalue weighted by molar-refractivity contribution is 6.05. The first-order chi connectivity index (χ1) is 10.1. The molecule has 0 radical (unpaired) electrons. The Morgan fingerprint density at radius 2 is 2.00 bits per heavy atom. The number of fused-ring (bicyclic) bond motifs is 1. The lowest BCUT2D eigenvalue weighted by Crippen LogP contribution is -2.29. The van der Waals surface area contributed by atoms with Crippen LogP contribution in [0.4, 0.5) is 0 Å². The zero-order chi connectivity index (χ0) is 15.2. The van der Waals surface area contributed by atoms with E-state index >= 15 is 0 Å². The summed E-state index contributed by atoms with van der Waals surface area (Å²) in [6.45, 7) is 2.44. The summed E-state index contributed by atoms with van der Waals surface area (Å²) in [5, 5.41) is 0.813. The molecule has 0 fully saturated rings. The van der Waals surface area contributed by atoms with Crippen LogP contribution in [0.2, 0.25) is 0 Å². The second-order valence-electron chi connectivity index (χ2n) is 4.66. The van der Waals surface area contributed by atoms with E-state index in [1.165, 1.54) is 4.90 Å². The highest BCUT2D eigenvalue weighted by atomic mass is 16.5. The molecular formula is C16H18N2O3. The van der Waals surface area contributed by atoms with Gasteiger partial charge in [-0.25, -0.2) is 0 Å². The Labute approximate surface area is 123 Å². The van der Waals surface area contributed by atoms with Crippen molar-refractivity contribution in [1.29, 1.82) is 0 Å². The zero-order valence-corrected chi connectivity index (χ0v) is 12.2. The molecule has 5 nitrogen and oxygen atoms in total. The number of ether oxygens (including phenoxy) is 1. The normalized spacial score (nSPS) is 10.4. The molecule has 0 aliphatic rings. The summed E-state index contributed by atoms with van der Waals surface area (Å²) in [6.07, 6.45) is 1.81. The number of hydrogen-bond acceptors (Lipinski definition) is 4. The van der Waals surface area contributed by atoms with Crippen molar-refractivity contribution in [3.8, 4) is 0 Å². The zero-order valence-electron chi connectivity index (χ0n) is 12.2. The molecule has 0 bridgehead atoms. The number of nitrogens with zero attached hydrogens (tertiary/aromatic N) is 2. The molecule has 1 aromatic heterocycles. The Morgan fingerprint density at radius 3 is 2.76 bits per heavy atom. The van der Waals surface area contributed by atoms with Gasteiger partial charge >= 0.3 is 5.97 Å². The van der Waals surface area contributed by atoms with Crippen LogP contribution in [0, 0.1) is 0 Å². The van der Waals surface area contributed by atoms with E-state index in [-0.39, 0.29) is 18.3 Å². The monoisotopic (exact) mass is 286 g/mol. The fourth-order valence-electron chi connectivity index (χ4n) is 2.08. The summed E-state index contributed by atoms with van der Waals surface area (Å²) in [7, 11) is 1.68. The van der Waals surface area contributed by atoms with E-state index in [9.17, 15) is 9.59 Å². The number of rotatable bonds is 5. The van der Waals surface area contributed by atoms with Crippen LogP contribution in [0.25, 0.3) is 10.9 Å². The first-order valence-corrected chi connectivity index (χ1v) is 6.88. The average molecular weight is 286 g/mol. The molecule has 2 aromatic rings. The van der Waals surface area contributed by atoms with E-state index in [1.807, 2.05) is 24.3 Å². The Bertz CT molecular complexity index is 650. The molecule has 0 N–H and O–H groups in total. The van der Waals surface area contributed by atoms with Crippen LogP contribution < -0.4 is 0 Å². The topological polar surface area (TPSA) is 59.5 Å². The van der Waals surface area contributed by atoms with Gasteiger partial charge in [-0.1, -0.05) is 18.2 Å². The minimum absolute atomic E-state index is 0.127. The van der Waals surface area contributed by atoms with E-state index in [0.717, 1.165) is 10.9 Å². The summed E-state index contributed by atoms with van der Waals surface area (Å²) in [4.78, 5) is 29.6. The molecule has 1 aromatic carbocycles. The number of carbonyl (C=O) groups is 2. The smallest absolute Gasteiger partial charge is 0.307 e. The molecule has 0 saturated heterocycles. The summed E-state index contributed by atoms with van der Waals surface area (Å²) >= 11 is 0. The first-order valence-electron chi connectivity index (χ1n) is 6.88. The minimum atomic E-state index is -0.295. The third-order valence-corrected chi connectivity index (χ3v) is 3.18. The molecular weight excluding hydrogens is 268 g/mol. The second kappa shape index (κ2) is 6.83. The van der Waals surface area contributed by atoms with E-state index in [2.05, 4.69) is 4.98 Å². The Morgan fingerprint density at radius 1 is 1.24 bits per heavy atom. The lowest BCUT2D eigenvalue weighted by atomic mass is 10.1. The third-order valence-electron chi connectivity index (χ3n) is 3.18. The van der Waals surface area contributed by atoms with Crippen molar-refractivity contribution in [2.24, 2.45) is 0 Å². The molecule has 110 valence electrons. The van der Waals surface area contributed by atoms with Crippen molar-refractivity contribution in [3.63, 3.8) is 0 Å². The minimum Gasteiger partial charge on any atom is -0.466 e. The highest BCUT2D eigenvalue weighted by Gasteiger charge is 2.16. The maximum Gasteiger partial charge on any atom is 0.307 e. The van der Waals surface area contributed by atoms with Crippen molar-refractivity contribution in [3.05, 3.63) is 42.1 Å². The van der Waals surface area contributed by atoms with E-state index in [0.29, 0.717) is 18.7 Å². The Hall–Kier alpha value is -2.43. The van der Waals surface area contributed by atoms with Gasteiger partial charge in [0.25, 0.3) is 5.91 Å². The quantitative estimate of drug-likeness (QED) is 0.791. The van der Waals surface area contributed by atoms with Gasteiger partial charge in [0.15, 0.2) is 0 Å². The molecule has 0 atom stereocenters. The van der Waals surface area contributed by atoms with Crippen LogP contribution in [0.3, 0.4) is 0 Å². The van der Waals surface area contributed by atoms with Crippen molar-refractivity contribution in [2.75, 3.05) is 20.2 Å². The van der Waals surface area contributed by atoms with Crippen LogP contribution in [0.1, 0.15) is 23.7 Å². The molecule has 0 aliphatic heterocycles. The molecule has 1 amide bonds. The fourth-order valence-corrected chi connectivity index (χ4v) is 2.08. The number of esters is 1. The standard InChI is InChI=1S/C16H18N2O3/c1-3-21-15(19)9-11-18(2)16(20)13-8-10-17-14-7-5-4-6-12(13)14/h4-8,10H,3,9,11H2,1-2H3. The molecule has 1 heterocycles. The number of amides is 1. The molecule has 5 heteroatoms. The highest BCUT2D eigenvalue weighted by Crippen LogP contribution is 2.17. The van der Waals surface area contributed by atoms with Gasteiger partial charge in [-0.3, -0.25) is 14.6 Å². The molecule has 0 saturated carbocycles. The molecule has 0 spiro atoms. The van der Waals surface area contributed by atoms with Crippen LogP contribution >= 0.6 is 0 Å². The van der Waals surface area contributed by atoms with Gasteiger partial charge in [-0.2, -0.15) is 0 Å². The molecule has 0 aliphatic carbocycles. The van der Waals surface area contributed by atoms with Gasteiger partial charge in [0, 0.05) is 25.2 Å². The van der Waals surface area contributed by atoms with Crippen molar-refractivity contribution < 1.29 is 14.3 Å². The van der Waals surface area contributed by atoms with Crippen molar-refractivity contribution in [1.82, 2.24) is 9.88 Å². The van der Waals surface area contributed by atoms with Gasteiger partial charge in [0.2, 0.25) is 0 Å². The number of para-hydroxylation sites is 1. The first kappa shape index (κ1) is 15.0. The number of carbonyl (C=O) groups excluding carboxylic acids is 2. The number of hydrogen-bond donors (Lipinski definition) is 0. The van der Waals surface area contributed by atoms with E-state index < -0.39 is 0 Å². The molecule has 0 unspecified atom stereocenters. The van der Waals surface area contributed by atoms with Crippen LogP contribution in [-0.4, -0.2) is 42.0 Å². The third kappa shape index (κ3) is 3.56. The number of benzene rings is 1. The fraction of sp³-hybridized carbons (Fsp3) is 0.312. The maximum absolute atomic E-state index is 12.5. The van der Waals surface area contributed by atoms with E-state index in [1.54, 1.807) is 26.2 Å². The molecule has 2 rings (SSSR count). The van der Waals surface area contributed by atoms with Gasteiger partial charge < -0.3 is 9.64 Å². The number of pyridine rings is 1. The van der Waals surface area contributed by atoms with Gasteiger partial charge in [-0.15, -0.1) is 0 Å². The summed E-state index contributed by atoms with van der Waals surface area (Å²) < 4.78 is 4.86. The molecule has 21 heavy (non-hydrogen) atoms. The van der Waals surface area contributed by atoms with Gasteiger partial charge in [0.05, 0.1) is 24.1 Å². The van der Waals surface area contributed by atoms with Gasteiger partial charge in [0.1, 0.15) is 0 Å². The Balaban J connectivity index is 2.13. The largest absolute Gasteiger partial charge is 0.466 e. The predicted octanol–water partition coefficient (Wildman–Crippen LogP) is 2.26. The Kier molecular flexibility index (Phi) is 4.87. The van der Waals surface area contributed by atoms with Crippen LogP contribution in [-0.2, 0) is 9.53 Å². The maximum atomic E-state index is 12.5. The lowest BCUT2D eigenvalue weighted by molar-refractivity contribution is -0.143. The SMILES string of the molecule is CCOC(=O)CCN(C)C(=O)c1ccnc2ccccc12.